The summed E-state index contributed by atoms with van der Waals surface area (Å²) in [4.78, 5) is 16.1. The quantitative estimate of drug-likeness (QED) is 0.539. The summed E-state index contributed by atoms with van der Waals surface area (Å²) in [5, 5.41) is 3.39. The number of hydrogen-bond donors (Lipinski definition) is 2. The van der Waals surface area contributed by atoms with E-state index in [1.165, 1.54) is 11.3 Å². The normalized spacial score (nSPS) is 12.1. The zero-order valence-corrected chi connectivity index (χ0v) is 16.9. The Hall–Kier alpha value is -2.70. The number of carbonyl (C=O) groups is 1. The standard InChI is InChI=1S/C18H16F3N3O4S2/c19-18(20,21)28-12-5-7-13(8-6-12)30(26,27)23-10-9-16(25)22-11-17-24-14-3-1-2-4-15(14)29-17/h1-8,23H,9-11H2,(H,22,25). The number of sulfonamides is 1. The molecule has 12 heteroatoms. The lowest BCUT2D eigenvalue weighted by atomic mass is 10.3. The van der Waals surface area contributed by atoms with Gasteiger partial charge in [0.05, 0.1) is 21.7 Å². The van der Waals surface area contributed by atoms with E-state index < -0.39 is 22.1 Å². The molecular formula is C18H16F3N3O4S2. The van der Waals surface area contributed by atoms with Crippen molar-refractivity contribution in [3.05, 3.63) is 53.5 Å². The van der Waals surface area contributed by atoms with Crippen molar-refractivity contribution in [2.45, 2.75) is 24.2 Å². The van der Waals surface area contributed by atoms with Gasteiger partial charge in [-0.3, -0.25) is 4.79 Å². The van der Waals surface area contributed by atoms with Gasteiger partial charge in [0.1, 0.15) is 10.8 Å². The average Bonchev–Trinajstić information content (AvgIpc) is 3.08. The fourth-order valence-corrected chi connectivity index (χ4v) is 4.40. The first-order valence-corrected chi connectivity index (χ1v) is 10.9. The molecule has 0 aliphatic carbocycles. The Labute approximate surface area is 173 Å². The first kappa shape index (κ1) is 22.0. The van der Waals surface area contributed by atoms with Crippen LogP contribution in [0.3, 0.4) is 0 Å². The molecule has 0 saturated heterocycles. The number of nitrogens with zero attached hydrogens (tertiary/aromatic N) is 1. The van der Waals surface area contributed by atoms with Crippen LogP contribution in [-0.4, -0.2) is 32.2 Å². The molecule has 0 spiro atoms. The van der Waals surface area contributed by atoms with Gasteiger partial charge in [-0.1, -0.05) is 12.1 Å². The van der Waals surface area contributed by atoms with Crippen molar-refractivity contribution in [2.75, 3.05) is 6.54 Å². The lowest BCUT2D eigenvalue weighted by molar-refractivity contribution is -0.274. The molecule has 0 bridgehead atoms. The monoisotopic (exact) mass is 459 g/mol. The maximum absolute atomic E-state index is 12.2. The number of halogens is 3. The van der Waals surface area contributed by atoms with Crippen molar-refractivity contribution in [1.82, 2.24) is 15.0 Å². The molecule has 0 saturated carbocycles. The Morgan fingerprint density at radius 1 is 1.10 bits per heavy atom. The fourth-order valence-electron chi connectivity index (χ4n) is 2.46. The van der Waals surface area contributed by atoms with Gasteiger partial charge in [0, 0.05) is 13.0 Å². The van der Waals surface area contributed by atoms with E-state index in [4.69, 9.17) is 0 Å². The van der Waals surface area contributed by atoms with Crippen molar-refractivity contribution in [2.24, 2.45) is 0 Å². The Bertz CT molecular complexity index is 1100. The SMILES string of the molecule is O=C(CCNS(=O)(=O)c1ccc(OC(F)(F)F)cc1)NCc1nc2ccccc2s1. The number of fused-ring (bicyclic) bond motifs is 1. The van der Waals surface area contributed by atoms with E-state index in [-0.39, 0.29) is 30.3 Å². The van der Waals surface area contributed by atoms with Gasteiger partial charge in [-0.25, -0.2) is 18.1 Å². The van der Waals surface area contributed by atoms with Gasteiger partial charge in [0.15, 0.2) is 0 Å². The van der Waals surface area contributed by atoms with E-state index in [0.717, 1.165) is 39.5 Å². The van der Waals surface area contributed by atoms with Crippen LogP contribution in [0.2, 0.25) is 0 Å². The molecule has 1 heterocycles. The molecule has 0 aliphatic heterocycles. The lowest BCUT2D eigenvalue weighted by Gasteiger charge is -2.10. The minimum absolute atomic E-state index is 0.112. The van der Waals surface area contributed by atoms with Crippen molar-refractivity contribution >= 4 is 37.5 Å². The zero-order chi connectivity index (χ0) is 21.8. The van der Waals surface area contributed by atoms with Crippen LogP contribution in [0.4, 0.5) is 13.2 Å². The van der Waals surface area contributed by atoms with Crippen LogP contribution in [0.25, 0.3) is 10.2 Å². The van der Waals surface area contributed by atoms with Crippen LogP contribution in [-0.2, 0) is 21.4 Å². The van der Waals surface area contributed by atoms with Crippen molar-refractivity contribution in [1.29, 1.82) is 0 Å². The molecule has 3 rings (SSSR count). The Morgan fingerprint density at radius 2 is 1.80 bits per heavy atom. The maximum Gasteiger partial charge on any atom is 0.573 e. The van der Waals surface area contributed by atoms with E-state index in [1.54, 1.807) is 0 Å². The van der Waals surface area contributed by atoms with Crippen molar-refractivity contribution in [3.8, 4) is 5.75 Å². The predicted octanol–water partition coefficient (Wildman–Crippen LogP) is 3.18. The Kier molecular flexibility index (Phi) is 6.58. The third-order valence-corrected chi connectivity index (χ3v) is 6.30. The second-order valence-corrected chi connectivity index (χ2v) is 8.90. The van der Waals surface area contributed by atoms with E-state index in [2.05, 4.69) is 19.8 Å². The number of alkyl halides is 3. The molecule has 0 aliphatic rings. The molecule has 0 atom stereocenters. The van der Waals surface area contributed by atoms with Crippen LogP contribution in [0, 0.1) is 0 Å². The first-order chi connectivity index (χ1) is 14.1. The van der Waals surface area contributed by atoms with E-state index in [0.29, 0.717) is 0 Å². The number of amides is 1. The number of nitrogens with one attached hydrogen (secondary N) is 2. The smallest absolute Gasteiger partial charge is 0.406 e. The number of benzene rings is 2. The number of thiazole rings is 1. The summed E-state index contributed by atoms with van der Waals surface area (Å²) >= 11 is 1.45. The number of para-hydroxylation sites is 1. The molecule has 30 heavy (non-hydrogen) atoms. The van der Waals surface area contributed by atoms with E-state index in [9.17, 15) is 26.4 Å². The highest BCUT2D eigenvalue weighted by atomic mass is 32.2. The number of ether oxygens (including phenoxy) is 1. The molecular weight excluding hydrogens is 443 g/mol. The second kappa shape index (κ2) is 8.98. The highest BCUT2D eigenvalue weighted by molar-refractivity contribution is 7.89. The molecule has 0 fully saturated rings. The highest BCUT2D eigenvalue weighted by Crippen LogP contribution is 2.24. The van der Waals surface area contributed by atoms with Crippen LogP contribution >= 0.6 is 11.3 Å². The number of hydrogen-bond acceptors (Lipinski definition) is 6. The molecule has 7 nitrogen and oxygen atoms in total. The van der Waals surface area contributed by atoms with Crippen molar-refractivity contribution in [3.63, 3.8) is 0 Å². The number of aromatic nitrogens is 1. The predicted molar refractivity (Wildman–Crippen MR) is 104 cm³/mol. The first-order valence-electron chi connectivity index (χ1n) is 8.59. The Balaban J connectivity index is 1.46. The summed E-state index contributed by atoms with van der Waals surface area (Å²) in [5.74, 6) is -0.901. The largest absolute Gasteiger partial charge is 0.573 e. The second-order valence-electron chi connectivity index (χ2n) is 6.02. The summed E-state index contributed by atoms with van der Waals surface area (Å²) in [6.45, 7) is 0.0560. The molecule has 2 N–H and O–H groups in total. The molecule has 0 radical (unpaired) electrons. The third-order valence-electron chi connectivity index (χ3n) is 3.79. The molecule has 1 aromatic heterocycles. The van der Waals surface area contributed by atoms with Gasteiger partial charge in [0.2, 0.25) is 15.9 Å². The third kappa shape index (κ3) is 6.15. The molecule has 2 aromatic carbocycles. The van der Waals surface area contributed by atoms with Crippen molar-refractivity contribution < 1.29 is 31.1 Å². The number of rotatable bonds is 8. The van der Waals surface area contributed by atoms with Gasteiger partial charge >= 0.3 is 6.36 Å². The molecule has 160 valence electrons. The number of carbonyl (C=O) groups excluding carboxylic acids is 1. The zero-order valence-electron chi connectivity index (χ0n) is 15.3. The summed E-state index contributed by atoms with van der Waals surface area (Å²) < 4.78 is 67.7. The molecule has 0 unspecified atom stereocenters. The lowest BCUT2D eigenvalue weighted by Crippen LogP contribution is -2.30. The highest BCUT2D eigenvalue weighted by Gasteiger charge is 2.31. The summed E-state index contributed by atoms with van der Waals surface area (Å²) in [6, 6.07) is 11.3. The molecule has 3 aromatic rings. The van der Waals surface area contributed by atoms with Gasteiger partial charge in [0.25, 0.3) is 0 Å². The van der Waals surface area contributed by atoms with Gasteiger partial charge < -0.3 is 10.1 Å². The summed E-state index contributed by atoms with van der Waals surface area (Å²) in [7, 11) is -3.98. The average molecular weight is 459 g/mol. The van der Waals surface area contributed by atoms with Crippen LogP contribution in [0.5, 0.6) is 5.75 Å². The summed E-state index contributed by atoms with van der Waals surface area (Å²) in [6.07, 6.45) is -4.98. The molecule has 1 amide bonds. The minimum atomic E-state index is -4.86. The Morgan fingerprint density at radius 3 is 2.47 bits per heavy atom. The topological polar surface area (TPSA) is 97.4 Å². The fraction of sp³-hybridized carbons (Fsp3) is 0.222. The van der Waals surface area contributed by atoms with E-state index in [1.807, 2.05) is 24.3 Å². The maximum atomic E-state index is 12.2. The van der Waals surface area contributed by atoms with Crippen LogP contribution in [0.1, 0.15) is 11.4 Å². The summed E-state index contributed by atoms with van der Waals surface area (Å²) in [5.41, 5.74) is 0.839. The van der Waals surface area contributed by atoms with Gasteiger partial charge in [-0.15, -0.1) is 24.5 Å². The van der Waals surface area contributed by atoms with Crippen LogP contribution in [0.15, 0.2) is 53.4 Å². The van der Waals surface area contributed by atoms with Gasteiger partial charge in [-0.2, -0.15) is 0 Å². The van der Waals surface area contributed by atoms with Crippen LogP contribution < -0.4 is 14.8 Å². The van der Waals surface area contributed by atoms with Gasteiger partial charge in [-0.05, 0) is 36.4 Å². The van der Waals surface area contributed by atoms with E-state index >= 15 is 0 Å². The minimum Gasteiger partial charge on any atom is -0.406 e.